The second-order valence-electron chi connectivity index (χ2n) is 5.53. The van der Waals surface area contributed by atoms with Crippen molar-refractivity contribution < 1.29 is 4.74 Å². The summed E-state index contributed by atoms with van der Waals surface area (Å²) in [6.45, 7) is 1.98. The van der Waals surface area contributed by atoms with Crippen LogP contribution in [0.2, 0.25) is 0 Å². The fourth-order valence-corrected chi connectivity index (χ4v) is 3.06. The predicted molar refractivity (Wildman–Crippen MR) is 85.7 cm³/mol. The largest absolute Gasteiger partial charge is 0.438 e. The lowest BCUT2D eigenvalue weighted by Crippen LogP contribution is -2.24. The van der Waals surface area contributed by atoms with Crippen LogP contribution in [0.15, 0.2) is 58.9 Å². The Kier molecular flexibility index (Phi) is 2.85. The van der Waals surface area contributed by atoms with E-state index in [1.54, 1.807) is 12.4 Å². The van der Waals surface area contributed by atoms with Crippen molar-refractivity contribution in [2.45, 2.75) is 12.8 Å². The molecule has 1 N–H and O–H groups in total. The standard InChI is InChI=1S/C18H12N4O/c1-10-6-11(9-21-8-10)15-12-4-2-3-5-14(12)23-18-16(15)13(7-19)17(20)22-18/h2-6,8-9,15,20H,1H3. The van der Waals surface area contributed by atoms with E-state index in [0.717, 1.165) is 16.7 Å². The molecule has 0 fully saturated rings. The molecule has 2 aliphatic rings. The molecule has 0 amide bonds. The second kappa shape index (κ2) is 4.89. The maximum atomic E-state index is 9.45. The molecule has 5 nitrogen and oxygen atoms in total. The quantitative estimate of drug-likeness (QED) is 0.878. The van der Waals surface area contributed by atoms with E-state index in [1.807, 2.05) is 37.3 Å². The SMILES string of the molecule is Cc1cncc(C2C3=C(C#N)C(=N)N=C3Oc3ccccc32)c1. The number of fused-ring (bicyclic) bond motifs is 2. The van der Waals surface area contributed by atoms with Gasteiger partial charge in [-0.05, 0) is 24.1 Å². The number of nitrogens with one attached hydrogen (secondary N) is 1. The minimum atomic E-state index is -0.205. The number of nitriles is 1. The Labute approximate surface area is 133 Å². The number of aryl methyl sites for hydroxylation is 1. The Morgan fingerprint density at radius 2 is 2.09 bits per heavy atom. The van der Waals surface area contributed by atoms with Crippen LogP contribution in [-0.2, 0) is 0 Å². The first-order chi connectivity index (χ1) is 11.2. The van der Waals surface area contributed by atoms with E-state index in [9.17, 15) is 5.26 Å². The lowest BCUT2D eigenvalue weighted by molar-refractivity contribution is 0.523. The van der Waals surface area contributed by atoms with Crippen molar-refractivity contribution in [2.24, 2.45) is 4.99 Å². The number of rotatable bonds is 1. The highest BCUT2D eigenvalue weighted by Crippen LogP contribution is 2.44. The zero-order valence-electron chi connectivity index (χ0n) is 12.4. The minimum absolute atomic E-state index is 0.0454. The molecule has 0 aliphatic carbocycles. The number of nitrogens with zero attached hydrogens (tertiary/aromatic N) is 3. The summed E-state index contributed by atoms with van der Waals surface area (Å²) in [5, 5.41) is 17.4. The molecule has 1 unspecified atom stereocenters. The van der Waals surface area contributed by atoms with Gasteiger partial charge in [0.2, 0.25) is 5.90 Å². The van der Waals surface area contributed by atoms with E-state index in [2.05, 4.69) is 16.0 Å². The van der Waals surface area contributed by atoms with Gasteiger partial charge in [0.05, 0.1) is 0 Å². The lowest BCUT2D eigenvalue weighted by atomic mass is 9.81. The Morgan fingerprint density at radius 1 is 1.26 bits per heavy atom. The Morgan fingerprint density at radius 3 is 2.87 bits per heavy atom. The van der Waals surface area contributed by atoms with Crippen molar-refractivity contribution in [3.63, 3.8) is 0 Å². The van der Waals surface area contributed by atoms with Crippen molar-refractivity contribution in [3.8, 4) is 11.8 Å². The van der Waals surface area contributed by atoms with Gasteiger partial charge in [-0.2, -0.15) is 10.3 Å². The molecule has 23 heavy (non-hydrogen) atoms. The van der Waals surface area contributed by atoms with Gasteiger partial charge in [-0.15, -0.1) is 0 Å². The van der Waals surface area contributed by atoms with Gasteiger partial charge in [0.15, 0.2) is 5.84 Å². The third-order valence-electron chi connectivity index (χ3n) is 4.02. The van der Waals surface area contributed by atoms with Gasteiger partial charge >= 0.3 is 0 Å². The lowest BCUT2D eigenvalue weighted by Gasteiger charge is -2.28. The zero-order valence-corrected chi connectivity index (χ0v) is 12.4. The summed E-state index contributed by atoms with van der Waals surface area (Å²) in [5.74, 6) is 0.796. The van der Waals surface area contributed by atoms with Crippen LogP contribution in [0.3, 0.4) is 0 Å². The van der Waals surface area contributed by atoms with Gasteiger partial charge in [-0.1, -0.05) is 24.3 Å². The maximum absolute atomic E-state index is 9.45. The van der Waals surface area contributed by atoms with Crippen LogP contribution in [0.1, 0.15) is 22.6 Å². The molecule has 2 aliphatic heterocycles. The molecule has 110 valence electrons. The number of hydrogen-bond donors (Lipinski definition) is 1. The summed E-state index contributed by atoms with van der Waals surface area (Å²) >= 11 is 0. The Balaban J connectivity index is 2.03. The molecule has 1 atom stereocenters. The molecule has 4 rings (SSSR count). The summed E-state index contributed by atoms with van der Waals surface area (Å²) in [6, 6.07) is 11.8. The van der Waals surface area contributed by atoms with E-state index >= 15 is 0 Å². The van der Waals surface area contributed by atoms with Crippen molar-refractivity contribution >= 4 is 11.7 Å². The van der Waals surface area contributed by atoms with Gasteiger partial charge in [0.25, 0.3) is 0 Å². The average molecular weight is 300 g/mol. The first-order valence-electron chi connectivity index (χ1n) is 7.19. The molecule has 0 saturated heterocycles. The molecular formula is C18H12N4O. The fourth-order valence-electron chi connectivity index (χ4n) is 3.06. The van der Waals surface area contributed by atoms with E-state index in [-0.39, 0.29) is 17.3 Å². The molecule has 1 aromatic heterocycles. The van der Waals surface area contributed by atoms with Crippen LogP contribution < -0.4 is 4.74 Å². The number of aliphatic imine (C=N–C) groups is 1. The van der Waals surface area contributed by atoms with E-state index in [1.165, 1.54) is 0 Å². The number of benzene rings is 1. The van der Waals surface area contributed by atoms with Crippen molar-refractivity contribution in [3.05, 3.63) is 70.6 Å². The summed E-state index contributed by atoms with van der Waals surface area (Å²) in [7, 11) is 0. The number of hydrogen-bond acceptors (Lipinski definition) is 4. The molecule has 0 saturated carbocycles. The normalized spacial score (nSPS) is 18.7. The highest BCUT2D eigenvalue weighted by atomic mass is 16.5. The summed E-state index contributed by atoms with van der Waals surface area (Å²) in [4.78, 5) is 8.40. The van der Waals surface area contributed by atoms with E-state index in [4.69, 9.17) is 10.1 Å². The highest BCUT2D eigenvalue weighted by molar-refractivity contribution is 6.21. The third-order valence-corrected chi connectivity index (χ3v) is 4.02. The zero-order chi connectivity index (χ0) is 16.0. The monoisotopic (exact) mass is 300 g/mol. The average Bonchev–Trinajstić information content (AvgIpc) is 2.87. The first-order valence-corrected chi connectivity index (χ1v) is 7.19. The summed E-state index contributed by atoms with van der Waals surface area (Å²) in [5.41, 5.74) is 3.88. The first kappa shape index (κ1) is 13.4. The molecule has 1 aromatic carbocycles. The Hall–Kier alpha value is -3.26. The molecule has 0 spiro atoms. The van der Waals surface area contributed by atoms with Gasteiger partial charge < -0.3 is 4.74 Å². The summed E-state index contributed by atoms with van der Waals surface area (Å²) < 4.78 is 5.82. The van der Waals surface area contributed by atoms with Gasteiger partial charge in [0.1, 0.15) is 17.4 Å². The highest BCUT2D eigenvalue weighted by Gasteiger charge is 2.39. The molecule has 2 aromatic rings. The van der Waals surface area contributed by atoms with Crippen LogP contribution in [-0.4, -0.2) is 16.7 Å². The third kappa shape index (κ3) is 1.96. The Bertz CT molecular complexity index is 949. The van der Waals surface area contributed by atoms with Crippen LogP contribution in [0, 0.1) is 23.7 Å². The molecular weight excluding hydrogens is 288 g/mol. The van der Waals surface area contributed by atoms with Crippen LogP contribution >= 0.6 is 0 Å². The van der Waals surface area contributed by atoms with Gasteiger partial charge in [0, 0.05) is 29.4 Å². The van der Waals surface area contributed by atoms with Crippen LogP contribution in [0.5, 0.6) is 5.75 Å². The second-order valence-corrected chi connectivity index (χ2v) is 5.53. The number of amidine groups is 1. The number of aromatic nitrogens is 1. The smallest absolute Gasteiger partial charge is 0.226 e. The number of pyridine rings is 1. The van der Waals surface area contributed by atoms with Gasteiger partial charge in [-0.25, -0.2) is 0 Å². The van der Waals surface area contributed by atoms with E-state index in [0.29, 0.717) is 17.2 Å². The summed E-state index contributed by atoms with van der Waals surface area (Å²) in [6.07, 6.45) is 3.58. The molecule has 0 radical (unpaired) electrons. The topological polar surface area (TPSA) is 82.1 Å². The van der Waals surface area contributed by atoms with Crippen LogP contribution in [0.4, 0.5) is 0 Å². The number of para-hydroxylation sites is 1. The predicted octanol–water partition coefficient (Wildman–Crippen LogP) is 3.12. The molecule has 5 heteroatoms. The molecule has 0 bridgehead atoms. The van der Waals surface area contributed by atoms with Gasteiger partial charge in [-0.3, -0.25) is 10.4 Å². The minimum Gasteiger partial charge on any atom is -0.438 e. The number of ether oxygens (including phenoxy) is 1. The van der Waals surface area contributed by atoms with Crippen molar-refractivity contribution in [1.29, 1.82) is 10.7 Å². The maximum Gasteiger partial charge on any atom is 0.226 e. The van der Waals surface area contributed by atoms with Crippen molar-refractivity contribution in [1.82, 2.24) is 4.98 Å². The van der Waals surface area contributed by atoms with Crippen LogP contribution in [0.25, 0.3) is 0 Å². The van der Waals surface area contributed by atoms with Crippen molar-refractivity contribution in [2.75, 3.05) is 0 Å². The molecule has 3 heterocycles. The van der Waals surface area contributed by atoms with E-state index < -0.39 is 0 Å². The fraction of sp³-hybridized carbons (Fsp3) is 0.111.